The van der Waals surface area contributed by atoms with E-state index in [2.05, 4.69) is 88.8 Å². The fourth-order valence-electron chi connectivity index (χ4n) is 4.40. The van der Waals surface area contributed by atoms with Crippen molar-refractivity contribution in [2.24, 2.45) is 0 Å². The summed E-state index contributed by atoms with van der Waals surface area (Å²) in [6, 6.07) is 37.4. The minimum Gasteiger partial charge on any atom is -0.261 e. The first-order valence-corrected chi connectivity index (χ1v) is 12.6. The molecule has 38 heavy (non-hydrogen) atoms. The molecule has 4 nitrogen and oxygen atoms in total. The van der Waals surface area contributed by atoms with E-state index < -0.39 is 0 Å². The third-order valence-electron chi connectivity index (χ3n) is 6.61. The maximum atomic E-state index is 4.99. The van der Waals surface area contributed by atoms with Crippen LogP contribution in [0.3, 0.4) is 0 Å². The summed E-state index contributed by atoms with van der Waals surface area (Å²) in [5.74, 6) is 0.696. The van der Waals surface area contributed by atoms with E-state index in [9.17, 15) is 0 Å². The monoisotopic (exact) mass is 490 g/mol. The van der Waals surface area contributed by atoms with Gasteiger partial charge in [0.15, 0.2) is 5.82 Å². The first-order valence-electron chi connectivity index (χ1n) is 12.6. The Morgan fingerprint density at radius 1 is 0.395 bits per heavy atom. The molecule has 3 aromatic carbocycles. The van der Waals surface area contributed by atoms with E-state index >= 15 is 0 Å². The van der Waals surface area contributed by atoms with Crippen molar-refractivity contribution in [2.75, 3.05) is 0 Å². The van der Waals surface area contributed by atoms with E-state index in [1.165, 1.54) is 0 Å². The Kier molecular flexibility index (Phi) is 6.29. The molecule has 0 amide bonds. The molecule has 0 aliphatic rings. The number of pyridine rings is 2. The molecule has 0 saturated carbocycles. The second-order valence-electron chi connectivity index (χ2n) is 9.36. The van der Waals surface area contributed by atoms with Gasteiger partial charge in [-0.1, -0.05) is 91.0 Å². The topological polar surface area (TPSA) is 51.6 Å². The summed E-state index contributed by atoms with van der Waals surface area (Å²) in [5.41, 5.74) is 11.3. The third-order valence-corrected chi connectivity index (χ3v) is 6.61. The van der Waals surface area contributed by atoms with E-state index in [1.54, 1.807) is 0 Å². The molecule has 0 unspecified atom stereocenters. The van der Waals surface area contributed by atoms with Crippen LogP contribution in [0.15, 0.2) is 122 Å². The Hall–Kier alpha value is -4.96. The first kappa shape index (κ1) is 23.4. The maximum absolute atomic E-state index is 4.99. The zero-order valence-electron chi connectivity index (χ0n) is 21.3. The van der Waals surface area contributed by atoms with Gasteiger partial charge in [0.05, 0.1) is 11.4 Å². The van der Waals surface area contributed by atoms with Gasteiger partial charge in [-0.3, -0.25) is 9.97 Å². The van der Waals surface area contributed by atoms with E-state index in [0.717, 1.165) is 61.7 Å². The van der Waals surface area contributed by atoms with E-state index in [4.69, 9.17) is 9.97 Å². The van der Waals surface area contributed by atoms with E-state index in [-0.39, 0.29) is 0 Å². The van der Waals surface area contributed by atoms with Crippen LogP contribution < -0.4 is 0 Å². The maximum Gasteiger partial charge on any atom is 0.160 e. The van der Waals surface area contributed by atoms with Crippen molar-refractivity contribution in [3.63, 3.8) is 0 Å². The minimum atomic E-state index is 0.696. The lowest BCUT2D eigenvalue weighted by atomic mass is 10.0. The molecule has 4 heteroatoms. The van der Waals surface area contributed by atoms with E-state index in [0.29, 0.717) is 5.82 Å². The molecule has 182 valence electrons. The highest BCUT2D eigenvalue weighted by Gasteiger charge is 2.11. The summed E-state index contributed by atoms with van der Waals surface area (Å²) in [6.45, 7) is 3.99. The lowest BCUT2D eigenvalue weighted by molar-refractivity contribution is 1.18. The van der Waals surface area contributed by atoms with Crippen LogP contribution in [0.4, 0.5) is 0 Å². The van der Waals surface area contributed by atoms with Crippen LogP contribution in [0.25, 0.3) is 56.2 Å². The van der Waals surface area contributed by atoms with Gasteiger partial charge in [-0.2, -0.15) is 0 Å². The van der Waals surface area contributed by atoms with Gasteiger partial charge in [0.2, 0.25) is 0 Å². The Labute approximate surface area is 222 Å². The normalized spacial score (nSPS) is 10.9. The van der Waals surface area contributed by atoms with Gasteiger partial charge in [-0.25, -0.2) is 9.97 Å². The number of benzene rings is 3. The molecule has 6 rings (SSSR count). The van der Waals surface area contributed by atoms with Crippen molar-refractivity contribution in [2.45, 2.75) is 13.8 Å². The molecule has 0 radical (unpaired) electrons. The molecular formula is C34H26N4. The Morgan fingerprint density at radius 3 is 1.29 bits per heavy atom. The molecule has 3 heterocycles. The summed E-state index contributed by atoms with van der Waals surface area (Å²) >= 11 is 0. The number of nitrogens with zero attached hydrogens (tertiary/aromatic N) is 4. The van der Waals surface area contributed by atoms with E-state index in [1.807, 2.05) is 56.6 Å². The molecule has 0 saturated heterocycles. The van der Waals surface area contributed by atoms with Gasteiger partial charge < -0.3 is 0 Å². The molecule has 0 fully saturated rings. The lowest BCUT2D eigenvalue weighted by Gasteiger charge is -2.11. The quantitative estimate of drug-likeness (QED) is 0.244. The SMILES string of the molecule is Cc1ccc(-c2ccc(-c3cc(-c4ccccc4)nc(-c4ccc(-c5ccc(C)nc5)cc4)n3)cc2)cn1. The van der Waals surface area contributed by atoms with Crippen molar-refractivity contribution in [1.29, 1.82) is 0 Å². The highest BCUT2D eigenvalue weighted by Crippen LogP contribution is 2.30. The standard InChI is InChI=1S/C34H26N4/c1-23-8-10-30(21-35-23)25-12-16-28(17-13-25)33-20-32(27-6-4-3-5-7-27)37-34(38-33)29-18-14-26(15-19-29)31-11-9-24(2)36-22-31/h3-22H,1-2H3. The summed E-state index contributed by atoms with van der Waals surface area (Å²) in [6.07, 6.45) is 3.82. The smallest absolute Gasteiger partial charge is 0.160 e. The second-order valence-corrected chi connectivity index (χ2v) is 9.36. The van der Waals surface area contributed by atoms with Gasteiger partial charge in [0.25, 0.3) is 0 Å². The van der Waals surface area contributed by atoms with Crippen LogP contribution in [0, 0.1) is 13.8 Å². The van der Waals surface area contributed by atoms with Crippen LogP contribution in [-0.4, -0.2) is 19.9 Å². The predicted octanol–water partition coefficient (Wildman–Crippen LogP) is 8.22. The number of hydrogen-bond acceptors (Lipinski definition) is 4. The zero-order chi connectivity index (χ0) is 25.9. The summed E-state index contributed by atoms with van der Waals surface area (Å²) in [5, 5.41) is 0. The summed E-state index contributed by atoms with van der Waals surface area (Å²) in [4.78, 5) is 18.8. The number of aromatic nitrogens is 4. The molecule has 0 atom stereocenters. The second kappa shape index (κ2) is 10.2. The predicted molar refractivity (Wildman–Crippen MR) is 154 cm³/mol. The number of aryl methyl sites for hydroxylation is 2. The average molecular weight is 491 g/mol. The Morgan fingerprint density at radius 2 is 0.816 bits per heavy atom. The van der Waals surface area contributed by atoms with Gasteiger partial charge in [-0.05, 0) is 43.2 Å². The Balaban J connectivity index is 1.39. The molecular weight excluding hydrogens is 464 g/mol. The molecule has 0 aliphatic heterocycles. The fraction of sp³-hybridized carbons (Fsp3) is 0.0588. The molecule has 0 bridgehead atoms. The first-order chi connectivity index (χ1) is 18.6. The fourth-order valence-corrected chi connectivity index (χ4v) is 4.40. The summed E-state index contributed by atoms with van der Waals surface area (Å²) < 4.78 is 0. The lowest BCUT2D eigenvalue weighted by Crippen LogP contribution is -1.96. The molecule has 6 aromatic rings. The number of hydrogen-bond donors (Lipinski definition) is 0. The van der Waals surface area contributed by atoms with Crippen LogP contribution in [0.1, 0.15) is 11.4 Å². The zero-order valence-corrected chi connectivity index (χ0v) is 21.3. The summed E-state index contributed by atoms with van der Waals surface area (Å²) in [7, 11) is 0. The number of rotatable bonds is 5. The van der Waals surface area contributed by atoms with Gasteiger partial charge in [0.1, 0.15) is 0 Å². The molecule has 0 N–H and O–H groups in total. The third kappa shape index (κ3) is 4.97. The molecule has 0 spiro atoms. The van der Waals surface area contributed by atoms with Crippen LogP contribution in [-0.2, 0) is 0 Å². The Bertz CT molecular complexity index is 1570. The van der Waals surface area contributed by atoms with Crippen molar-refractivity contribution >= 4 is 0 Å². The van der Waals surface area contributed by atoms with Crippen molar-refractivity contribution < 1.29 is 0 Å². The van der Waals surface area contributed by atoms with Crippen molar-refractivity contribution in [3.8, 4) is 56.2 Å². The van der Waals surface area contributed by atoms with Crippen molar-refractivity contribution in [1.82, 2.24) is 19.9 Å². The average Bonchev–Trinajstić information content (AvgIpc) is 2.98. The van der Waals surface area contributed by atoms with Gasteiger partial charge >= 0.3 is 0 Å². The molecule has 3 aromatic heterocycles. The highest BCUT2D eigenvalue weighted by atomic mass is 14.9. The van der Waals surface area contributed by atoms with Crippen LogP contribution in [0.5, 0.6) is 0 Å². The van der Waals surface area contributed by atoms with Crippen LogP contribution in [0.2, 0.25) is 0 Å². The highest BCUT2D eigenvalue weighted by molar-refractivity contribution is 5.75. The largest absolute Gasteiger partial charge is 0.261 e. The van der Waals surface area contributed by atoms with Crippen LogP contribution >= 0.6 is 0 Å². The minimum absolute atomic E-state index is 0.696. The molecule has 0 aliphatic carbocycles. The van der Waals surface area contributed by atoms with Gasteiger partial charge in [0, 0.05) is 51.6 Å². The van der Waals surface area contributed by atoms with Crippen molar-refractivity contribution in [3.05, 3.63) is 133 Å². The van der Waals surface area contributed by atoms with Gasteiger partial charge in [-0.15, -0.1) is 0 Å².